The van der Waals surface area contributed by atoms with Crippen LogP contribution in [0, 0.1) is 5.41 Å². The minimum Gasteiger partial charge on any atom is -0.486 e. The van der Waals surface area contributed by atoms with Gasteiger partial charge in [-0.05, 0) is 36.6 Å². The summed E-state index contributed by atoms with van der Waals surface area (Å²) in [5.41, 5.74) is 7.28. The van der Waals surface area contributed by atoms with Crippen molar-refractivity contribution in [2.45, 2.75) is 13.3 Å². The molecule has 3 heterocycles. The summed E-state index contributed by atoms with van der Waals surface area (Å²) < 4.78 is 11.2. The molecule has 0 radical (unpaired) electrons. The van der Waals surface area contributed by atoms with Crippen LogP contribution in [0.15, 0.2) is 23.6 Å². The number of benzene rings is 1. The second kappa shape index (κ2) is 8.65. The molecule has 2 aromatic rings. The summed E-state index contributed by atoms with van der Waals surface area (Å²) in [4.78, 5) is 19.1. The van der Waals surface area contributed by atoms with Gasteiger partial charge in [0.15, 0.2) is 11.5 Å². The van der Waals surface area contributed by atoms with Crippen LogP contribution >= 0.6 is 36.2 Å². The number of rotatable bonds is 3. The smallest absolute Gasteiger partial charge is 0.273 e. The number of fused-ring (bicyclic) bond motifs is 1. The maximum absolute atomic E-state index is 12.7. The highest BCUT2D eigenvalue weighted by molar-refractivity contribution is 7.13. The van der Waals surface area contributed by atoms with E-state index in [1.807, 2.05) is 28.5 Å². The predicted molar refractivity (Wildman–Crippen MR) is 111 cm³/mol. The molecule has 0 bridgehead atoms. The van der Waals surface area contributed by atoms with Gasteiger partial charge in [-0.25, -0.2) is 4.98 Å². The number of ether oxygens (including phenoxy) is 2. The SMILES string of the molecule is CC1(CN)CCN(C(=O)c2csc(-c3ccc4c(c3)OCCO4)n2)C1.Cl.Cl. The number of amides is 1. The van der Waals surface area contributed by atoms with Gasteiger partial charge in [0, 0.05) is 24.0 Å². The molecule has 6 nitrogen and oxygen atoms in total. The summed E-state index contributed by atoms with van der Waals surface area (Å²) in [6, 6.07) is 5.75. The van der Waals surface area contributed by atoms with E-state index in [-0.39, 0.29) is 36.1 Å². The molecule has 27 heavy (non-hydrogen) atoms. The normalized spacial score (nSPS) is 20.6. The molecule has 1 fully saturated rings. The van der Waals surface area contributed by atoms with E-state index in [1.165, 1.54) is 11.3 Å². The van der Waals surface area contributed by atoms with Crippen molar-refractivity contribution in [2.24, 2.45) is 11.1 Å². The zero-order chi connectivity index (χ0) is 17.4. The van der Waals surface area contributed by atoms with Gasteiger partial charge in [-0.3, -0.25) is 4.79 Å². The summed E-state index contributed by atoms with van der Waals surface area (Å²) in [6.07, 6.45) is 0.939. The van der Waals surface area contributed by atoms with Crippen molar-refractivity contribution in [1.82, 2.24) is 9.88 Å². The lowest BCUT2D eigenvalue weighted by Gasteiger charge is -2.22. The number of halogens is 2. The lowest BCUT2D eigenvalue weighted by atomic mass is 9.90. The van der Waals surface area contributed by atoms with Gasteiger partial charge < -0.3 is 20.1 Å². The number of aromatic nitrogens is 1. The van der Waals surface area contributed by atoms with Crippen molar-refractivity contribution in [1.29, 1.82) is 0 Å². The van der Waals surface area contributed by atoms with Gasteiger partial charge in [-0.2, -0.15) is 0 Å². The predicted octanol–water partition coefficient (Wildman–Crippen LogP) is 3.24. The molecular weight excluding hydrogens is 409 g/mol. The Labute approximate surface area is 174 Å². The van der Waals surface area contributed by atoms with Crippen molar-refractivity contribution in [3.8, 4) is 22.1 Å². The third-order valence-corrected chi connectivity index (χ3v) is 5.74. The van der Waals surface area contributed by atoms with Gasteiger partial charge in [0.2, 0.25) is 0 Å². The summed E-state index contributed by atoms with van der Waals surface area (Å²) in [6.45, 7) is 5.27. The first kappa shape index (κ1) is 21.8. The van der Waals surface area contributed by atoms with Crippen molar-refractivity contribution in [2.75, 3.05) is 32.8 Å². The Morgan fingerprint density at radius 3 is 2.74 bits per heavy atom. The summed E-state index contributed by atoms with van der Waals surface area (Å²) in [7, 11) is 0. The molecule has 1 amide bonds. The maximum atomic E-state index is 12.7. The third-order valence-electron chi connectivity index (χ3n) is 4.85. The van der Waals surface area contributed by atoms with Gasteiger partial charge in [0.25, 0.3) is 5.91 Å². The summed E-state index contributed by atoms with van der Waals surface area (Å²) in [5.74, 6) is 1.46. The van der Waals surface area contributed by atoms with E-state index in [2.05, 4.69) is 11.9 Å². The molecule has 148 valence electrons. The molecular formula is C18H23Cl2N3O3S. The molecule has 2 aliphatic heterocycles. The molecule has 1 saturated heterocycles. The molecule has 2 aliphatic rings. The summed E-state index contributed by atoms with van der Waals surface area (Å²) in [5, 5.41) is 2.63. The van der Waals surface area contributed by atoms with E-state index >= 15 is 0 Å². The molecule has 1 aromatic heterocycles. The first-order valence-corrected chi connectivity index (χ1v) is 9.31. The number of likely N-dealkylation sites (tertiary alicyclic amines) is 1. The van der Waals surface area contributed by atoms with Gasteiger partial charge >= 0.3 is 0 Å². The molecule has 1 unspecified atom stereocenters. The van der Waals surface area contributed by atoms with Gasteiger partial charge in [-0.15, -0.1) is 36.2 Å². The molecule has 0 saturated carbocycles. The lowest BCUT2D eigenvalue weighted by Crippen LogP contribution is -2.34. The monoisotopic (exact) mass is 431 g/mol. The topological polar surface area (TPSA) is 77.7 Å². The van der Waals surface area contributed by atoms with Crippen molar-refractivity contribution in [3.63, 3.8) is 0 Å². The first-order valence-electron chi connectivity index (χ1n) is 8.43. The molecule has 0 aliphatic carbocycles. The molecule has 4 rings (SSSR count). The molecule has 1 aromatic carbocycles. The van der Waals surface area contributed by atoms with Crippen LogP contribution in [-0.2, 0) is 0 Å². The third kappa shape index (κ3) is 4.32. The highest BCUT2D eigenvalue weighted by atomic mass is 35.5. The van der Waals surface area contributed by atoms with Crippen LogP contribution in [0.3, 0.4) is 0 Å². The number of nitrogens with zero attached hydrogens (tertiary/aromatic N) is 2. The Balaban J connectivity index is 0.00000131. The fourth-order valence-electron chi connectivity index (χ4n) is 3.21. The number of hydrogen-bond acceptors (Lipinski definition) is 6. The van der Waals surface area contributed by atoms with Crippen LogP contribution in [0.4, 0.5) is 0 Å². The molecule has 2 N–H and O–H groups in total. The van der Waals surface area contributed by atoms with Gasteiger partial charge in [0.1, 0.15) is 23.9 Å². The Kier molecular flexibility index (Phi) is 6.97. The Hall–Kier alpha value is -1.54. The summed E-state index contributed by atoms with van der Waals surface area (Å²) >= 11 is 1.47. The van der Waals surface area contributed by atoms with Crippen molar-refractivity contribution < 1.29 is 14.3 Å². The lowest BCUT2D eigenvalue weighted by molar-refractivity contribution is 0.0772. The van der Waals surface area contributed by atoms with Crippen LogP contribution in [0.25, 0.3) is 10.6 Å². The average Bonchev–Trinajstić information content (AvgIpc) is 3.28. The fourth-order valence-corrected chi connectivity index (χ4v) is 4.00. The van der Waals surface area contributed by atoms with E-state index < -0.39 is 0 Å². The van der Waals surface area contributed by atoms with E-state index in [9.17, 15) is 4.79 Å². The van der Waals surface area contributed by atoms with Crippen LogP contribution in [0.5, 0.6) is 11.5 Å². The Morgan fingerprint density at radius 1 is 1.30 bits per heavy atom. The largest absolute Gasteiger partial charge is 0.486 e. The van der Waals surface area contributed by atoms with E-state index in [0.29, 0.717) is 32.0 Å². The quantitative estimate of drug-likeness (QED) is 0.806. The van der Waals surface area contributed by atoms with E-state index in [0.717, 1.165) is 35.0 Å². The second-order valence-electron chi connectivity index (χ2n) is 6.89. The molecule has 9 heteroatoms. The maximum Gasteiger partial charge on any atom is 0.273 e. The number of carbonyl (C=O) groups is 1. The highest BCUT2D eigenvalue weighted by Crippen LogP contribution is 2.36. The van der Waals surface area contributed by atoms with Crippen LogP contribution in [0.2, 0.25) is 0 Å². The zero-order valence-electron chi connectivity index (χ0n) is 15.0. The van der Waals surface area contributed by atoms with Gasteiger partial charge in [0.05, 0.1) is 0 Å². The Bertz CT molecular complexity index is 817. The minimum atomic E-state index is -0.0165. The fraction of sp³-hybridized carbons (Fsp3) is 0.444. The Morgan fingerprint density at radius 2 is 2.04 bits per heavy atom. The van der Waals surface area contributed by atoms with Crippen molar-refractivity contribution in [3.05, 3.63) is 29.3 Å². The van der Waals surface area contributed by atoms with Crippen LogP contribution in [0.1, 0.15) is 23.8 Å². The number of hydrogen-bond donors (Lipinski definition) is 1. The standard InChI is InChI=1S/C18H21N3O3S.2ClH/c1-18(10-19)4-5-21(11-18)17(22)13-9-25-16(20-13)12-2-3-14-15(8-12)24-7-6-23-14;;/h2-3,8-9H,4-7,10-11,19H2,1H3;2*1H. The highest BCUT2D eigenvalue weighted by Gasteiger charge is 2.35. The molecule has 0 spiro atoms. The van der Waals surface area contributed by atoms with E-state index in [4.69, 9.17) is 15.2 Å². The minimum absolute atomic E-state index is 0. The van der Waals surface area contributed by atoms with Crippen molar-refractivity contribution >= 4 is 42.1 Å². The number of nitrogens with two attached hydrogens (primary N) is 1. The number of thiazole rings is 1. The average molecular weight is 432 g/mol. The molecule has 1 atom stereocenters. The van der Waals surface area contributed by atoms with E-state index in [1.54, 1.807) is 0 Å². The first-order chi connectivity index (χ1) is 12.1. The van der Waals surface area contributed by atoms with Crippen LogP contribution < -0.4 is 15.2 Å². The van der Waals surface area contributed by atoms with Crippen LogP contribution in [-0.4, -0.2) is 48.6 Å². The zero-order valence-corrected chi connectivity index (χ0v) is 17.4. The number of carbonyl (C=O) groups excluding carboxylic acids is 1. The second-order valence-corrected chi connectivity index (χ2v) is 7.75. The van der Waals surface area contributed by atoms with Gasteiger partial charge in [-0.1, -0.05) is 6.92 Å².